The SMILES string of the molecule is CSc1ccc(NC(=O)C2CC(=O)N(c3ccc4c(c3)CCN4C(C)=O)C2)cc1. The first-order valence-electron chi connectivity index (χ1n) is 9.62. The first kappa shape index (κ1) is 19.5. The Morgan fingerprint density at radius 2 is 1.90 bits per heavy atom. The van der Waals surface area contributed by atoms with Crippen molar-refractivity contribution in [2.24, 2.45) is 5.92 Å². The maximum Gasteiger partial charge on any atom is 0.229 e. The second-order valence-electron chi connectivity index (χ2n) is 7.36. The van der Waals surface area contributed by atoms with E-state index in [9.17, 15) is 14.4 Å². The first-order valence-corrected chi connectivity index (χ1v) is 10.8. The maximum absolute atomic E-state index is 12.7. The van der Waals surface area contributed by atoms with Gasteiger partial charge >= 0.3 is 0 Å². The third-order valence-electron chi connectivity index (χ3n) is 5.50. The summed E-state index contributed by atoms with van der Waals surface area (Å²) in [6, 6.07) is 13.4. The minimum absolute atomic E-state index is 0.0241. The lowest BCUT2D eigenvalue weighted by Crippen LogP contribution is -2.28. The summed E-state index contributed by atoms with van der Waals surface area (Å²) in [7, 11) is 0. The fraction of sp³-hybridized carbons (Fsp3) is 0.318. The molecule has 2 heterocycles. The molecule has 4 rings (SSSR count). The summed E-state index contributed by atoms with van der Waals surface area (Å²) in [6.07, 6.45) is 2.98. The van der Waals surface area contributed by atoms with E-state index in [-0.39, 0.29) is 30.1 Å². The molecule has 150 valence electrons. The number of thioether (sulfide) groups is 1. The van der Waals surface area contributed by atoms with Crippen molar-refractivity contribution in [3.63, 3.8) is 0 Å². The molecule has 2 aliphatic rings. The van der Waals surface area contributed by atoms with Crippen molar-refractivity contribution in [2.75, 3.05) is 34.5 Å². The van der Waals surface area contributed by atoms with Gasteiger partial charge in [-0.15, -0.1) is 11.8 Å². The van der Waals surface area contributed by atoms with E-state index in [4.69, 9.17) is 0 Å². The average Bonchev–Trinajstić information content (AvgIpc) is 3.31. The van der Waals surface area contributed by atoms with Gasteiger partial charge in [0, 0.05) is 48.4 Å². The number of fused-ring (bicyclic) bond motifs is 1. The fourth-order valence-corrected chi connectivity index (χ4v) is 4.34. The summed E-state index contributed by atoms with van der Waals surface area (Å²) >= 11 is 1.64. The second-order valence-corrected chi connectivity index (χ2v) is 8.24. The molecule has 2 aliphatic heterocycles. The normalized spacial score (nSPS) is 18.1. The predicted molar refractivity (Wildman–Crippen MR) is 115 cm³/mol. The van der Waals surface area contributed by atoms with Crippen molar-refractivity contribution in [1.29, 1.82) is 0 Å². The molecule has 6 nitrogen and oxygen atoms in total. The van der Waals surface area contributed by atoms with Crippen LogP contribution in [0.25, 0.3) is 0 Å². The third kappa shape index (κ3) is 3.87. The van der Waals surface area contributed by atoms with Crippen LogP contribution in [0.4, 0.5) is 17.1 Å². The average molecular weight is 410 g/mol. The molecule has 3 amide bonds. The molecule has 29 heavy (non-hydrogen) atoms. The van der Waals surface area contributed by atoms with E-state index in [1.807, 2.05) is 48.7 Å². The van der Waals surface area contributed by atoms with Gasteiger partial charge in [-0.1, -0.05) is 0 Å². The summed E-state index contributed by atoms with van der Waals surface area (Å²) in [5.41, 5.74) is 3.50. The fourth-order valence-electron chi connectivity index (χ4n) is 3.93. The number of nitrogens with one attached hydrogen (secondary N) is 1. The number of hydrogen-bond acceptors (Lipinski definition) is 4. The van der Waals surface area contributed by atoms with Crippen LogP contribution < -0.4 is 15.1 Å². The number of carbonyl (C=O) groups is 3. The minimum Gasteiger partial charge on any atom is -0.326 e. The van der Waals surface area contributed by atoms with Crippen molar-refractivity contribution in [1.82, 2.24) is 0 Å². The van der Waals surface area contributed by atoms with E-state index in [0.29, 0.717) is 13.1 Å². The highest BCUT2D eigenvalue weighted by molar-refractivity contribution is 7.98. The zero-order chi connectivity index (χ0) is 20.5. The number of rotatable bonds is 4. The van der Waals surface area contributed by atoms with E-state index in [2.05, 4.69) is 5.32 Å². The largest absolute Gasteiger partial charge is 0.326 e. The van der Waals surface area contributed by atoms with Crippen LogP contribution in [0.2, 0.25) is 0 Å². The first-order chi connectivity index (χ1) is 14.0. The van der Waals surface area contributed by atoms with Crippen LogP contribution in [0.5, 0.6) is 0 Å². The van der Waals surface area contributed by atoms with Crippen LogP contribution in [-0.4, -0.2) is 37.1 Å². The second kappa shape index (κ2) is 7.91. The maximum atomic E-state index is 12.7. The van der Waals surface area contributed by atoms with Gasteiger partial charge in [-0.3, -0.25) is 14.4 Å². The molecule has 0 spiro atoms. The standard InChI is InChI=1S/C22H23N3O3S/c1-14(26)24-10-9-15-11-18(5-8-20(15)24)25-13-16(12-21(25)27)22(28)23-17-3-6-19(29-2)7-4-17/h3-8,11,16H,9-10,12-13H2,1-2H3,(H,23,28). The Balaban J connectivity index is 1.45. The Bertz CT molecular complexity index is 974. The van der Waals surface area contributed by atoms with Gasteiger partial charge in [0.1, 0.15) is 0 Å². The van der Waals surface area contributed by atoms with E-state index in [1.54, 1.807) is 28.5 Å². The molecule has 1 saturated heterocycles. The third-order valence-corrected chi connectivity index (χ3v) is 6.25. The number of amides is 3. The Kier molecular flexibility index (Phi) is 5.32. The summed E-state index contributed by atoms with van der Waals surface area (Å²) in [4.78, 5) is 41.5. The molecular weight excluding hydrogens is 386 g/mol. The number of hydrogen-bond donors (Lipinski definition) is 1. The minimum atomic E-state index is -0.385. The van der Waals surface area contributed by atoms with Crippen LogP contribution in [-0.2, 0) is 20.8 Å². The number of carbonyl (C=O) groups excluding carboxylic acids is 3. The highest BCUT2D eigenvalue weighted by Gasteiger charge is 2.36. The molecule has 1 N–H and O–H groups in total. The molecule has 7 heteroatoms. The molecule has 0 radical (unpaired) electrons. The van der Waals surface area contributed by atoms with Crippen LogP contribution in [0, 0.1) is 5.92 Å². The molecular formula is C22H23N3O3S. The van der Waals surface area contributed by atoms with E-state index >= 15 is 0 Å². The van der Waals surface area contributed by atoms with Crippen molar-refractivity contribution in [2.45, 2.75) is 24.7 Å². The summed E-state index contributed by atoms with van der Waals surface area (Å²) in [5.74, 6) is -0.549. The Hall–Kier alpha value is -2.80. The molecule has 1 unspecified atom stereocenters. The summed E-state index contributed by atoms with van der Waals surface area (Å²) in [6.45, 7) is 2.59. The van der Waals surface area contributed by atoms with E-state index < -0.39 is 0 Å². The van der Waals surface area contributed by atoms with Crippen molar-refractivity contribution in [3.8, 4) is 0 Å². The lowest BCUT2D eigenvalue weighted by molar-refractivity contribution is -0.122. The van der Waals surface area contributed by atoms with Crippen LogP contribution in [0.1, 0.15) is 18.9 Å². The Labute approximate surface area is 174 Å². The molecule has 1 fully saturated rings. The zero-order valence-electron chi connectivity index (χ0n) is 16.5. The molecule has 0 aliphatic carbocycles. The van der Waals surface area contributed by atoms with E-state index in [1.165, 1.54) is 0 Å². The van der Waals surface area contributed by atoms with Gasteiger partial charge in [-0.05, 0) is 60.7 Å². The van der Waals surface area contributed by atoms with Crippen molar-refractivity contribution < 1.29 is 14.4 Å². The van der Waals surface area contributed by atoms with Gasteiger partial charge in [-0.2, -0.15) is 0 Å². The lowest BCUT2D eigenvalue weighted by atomic mass is 10.1. The predicted octanol–water partition coefficient (Wildman–Crippen LogP) is 3.31. The summed E-state index contributed by atoms with van der Waals surface area (Å²) < 4.78 is 0. The molecule has 0 bridgehead atoms. The van der Waals surface area contributed by atoms with E-state index in [0.717, 1.165) is 33.9 Å². The molecule has 1 atom stereocenters. The quantitative estimate of drug-likeness (QED) is 0.787. The van der Waals surface area contributed by atoms with Crippen LogP contribution in [0.15, 0.2) is 47.4 Å². The Morgan fingerprint density at radius 3 is 2.59 bits per heavy atom. The lowest BCUT2D eigenvalue weighted by Gasteiger charge is -2.19. The zero-order valence-corrected chi connectivity index (χ0v) is 17.3. The molecule has 0 aromatic heterocycles. The highest BCUT2D eigenvalue weighted by atomic mass is 32.2. The monoisotopic (exact) mass is 409 g/mol. The van der Waals surface area contributed by atoms with Crippen LogP contribution >= 0.6 is 11.8 Å². The van der Waals surface area contributed by atoms with Gasteiger partial charge in [0.2, 0.25) is 17.7 Å². The molecule has 2 aromatic rings. The molecule has 2 aromatic carbocycles. The van der Waals surface area contributed by atoms with Gasteiger partial charge in [0.25, 0.3) is 0 Å². The van der Waals surface area contributed by atoms with Gasteiger partial charge < -0.3 is 15.1 Å². The van der Waals surface area contributed by atoms with Crippen LogP contribution in [0.3, 0.4) is 0 Å². The topological polar surface area (TPSA) is 69.7 Å². The number of anilines is 3. The number of benzene rings is 2. The van der Waals surface area contributed by atoms with Crippen molar-refractivity contribution in [3.05, 3.63) is 48.0 Å². The Morgan fingerprint density at radius 1 is 1.14 bits per heavy atom. The van der Waals surface area contributed by atoms with Gasteiger partial charge in [0.05, 0.1) is 5.92 Å². The smallest absolute Gasteiger partial charge is 0.229 e. The molecule has 0 saturated carbocycles. The summed E-state index contributed by atoms with van der Waals surface area (Å²) in [5, 5.41) is 2.92. The van der Waals surface area contributed by atoms with Gasteiger partial charge in [0.15, 0.2) is 0 Å². The van der Waals surface area contributed by atoms with Gasteiger partial charge in [-0.25, -0.2) is 0 Å². The number of nitrogens with zero attached hydrogens (tertiary/aromatic N) is 2. The van der Waals surface area contributed by atoms with Crippen molar-refractivity contribution >= 4 is 46.5 Å². The highest BCUT2D eigenvalue weighted by Crippen LogP contribution is 2.34.